The van der Waals surface area contributed by atoms with Crippen LogP contribution in [0.4, 0.5) is 5.69 Å². The van der Waals surface area contributed by atoms with Gasteiger partial charge in [0.05, 0.1) is 6.42 Å². The highest BCUT2D eigenvalue weighted by Gasteiger charge is 2.11. The quantitative estimate of drug-likeness (QED) is 0.207. The molecule has 1 aromatic carbocycles. The molecule has 2 amide bonds. The molecule has 0 fully saturated rings. The summed E-state index contributed by atoms with van der Waals surface area (Å²) in [6.45, 7) is 1.85. The fourth-order valence-corrected chi connectivity index (χ4v) is 2.56. The number of unbranched alkanes of at least 4 members (excludes halogenated alkanes) is 3. The van der Waals surface area contributed by atoms with Gasteiger partial charge in [0.25, 0.3) is 0 Å². The Hall–Kier alpha value is -2.45. The summed E-state index contributed by atoms with van der Waals surface area (Å²) in [4.78, 5) is 33.6. The van der Waals surface area contributed by atoms with Crippen molar-refractivity contribution in [1.29, 1.82) is 0 Å². The number of carboxylic acid groups (broad SMARTS) is 1. The van der Waals surface area contributed by atoms with Gasteiger partial charge in [-0.25, -0.2) is 5.06 Å². The minimum Gasteiger partial charge on any atom is -0.481 e. The third-order valence-electron chi connectivity index (χ3n) is 4.13. The summed E-state index contributed by atoms with van der Waals surface area (Å²) in [5.41, 5.74) is 0.819. The average Bonchev–Trinajstić information content (AvgIpc) is 2.68. The highest BCUT2D eigenvalue weighted by molar-refractivity contribution is 5.90. The monoisotopic (exact) mass is 393 g/mol. The zero-order valence-electron chi connectivity index (χ0n) is 16.2. The van der Waals surface area contributed by atoms with Gasteiger partial charge in [0.1, 0.15) is 0 Å². The van der Waals surface area contributed by atoms with Crippen LogP contribution in [0.1, 0.15) is 51.4 Å². The van der Waals surface area contributed by atoms with Gasteiger partial charge in [0.2, 0.25) is 11.8 Å². The molecule has 8 heteroatoms. The summed E-state index contributed by atoms with van der Waals surface area (Å²) in [6, 6.07) is 9.41. The maximum atomic E-state index is 11.8. The Labute approximate surface area is 165 Å². The first-order chi connectivity index (χ1) is 13.5. The Kier molecular flexibility index (Phi) is 12.3. The van der Waals surface area contributed by atoms with Crippen molar-refractivity contribution in [2.24, 2.45) is 0 Å². The Balaban J connectivity index is 1.90. The summed E-state index contributed by atoms with van der Waals surface area (Å²) in [5.74, 6) is -1.58. The first-order valence-corrected chi connectivity index (χ1v) is 9.75. The summed E-state index contributed by atoms with van der Waals surface area (Å²) < 4.78 is 0. The molecule has 0 atom stereocenters. The number of carbonyl (C=O) groups excluding carboxylic acids is 2. The third kappa shape index (κ3) is 12.0. The summed E-state index contributed by atoms with van der Waals surface area (Å²) in [6.07, 6.45) is 4.30. The number of carboxylic acids is 1. The molecule has 1 rings (SSSR count). The van der Waals surface area contributed by atoms with Crippen LogP contribution in [-0.4, -0.2) is 52.8 Å². The molecular weight excluding hydrogens is 362 g/mol. The maximum absolute atomic E-state index is 11.8. The number of para-hydroxylation sites is 1. The van der Waals surface area contributed by atoms with Gasteiger partial charge in [0.15, 0.2) is 0 Å². The van der Waals surface area contributed by atoms with Gasteiger partial charge in [-0.3, -0.25) is 19.6 Å². The SMILES string of the molecule is O=C(O)CCC(=O)N(O)CCCCNCCCCCC(=O)Nc1ccccc1. The van der Waals surface area contributed by atoms with Crippen molar-refractivity contribution in [3.63, 3.8) is 0 Å². The fraction of sp³-hybridized carbons (Fsp3) is 0.550. The Morgan fingerprint density at radius 2 is 1.54 bits per heavy atom. The number of benzene rings is 1. The first kappa shape index (κ1) is 23.6. The van der Waals surface area contributed by atoms with Gasteiger partial charge in [-0.2, -0.15) is 0 Å². The summed E-state index contributed by atoms with van der Waals surface area (Å²) >= 11 is 0. The number of hydrogen-bond acceptors (Lipinski definition) is 5. The molecule has 0 radical (unpaired) electrons. The van der Waals surface area contributed by atoms with E-state index < -0.39 is 11.9 Å². The highest BCUT2D eigenvalue weighted by atomic mass is 16.5. The van der Waals surface area contributed by atoms with E-state index in [0.717, 1.165) is 44.5 Å². The number of nitrogens with zero attached hydrogens (tertiary/aromatic N) is 1. The van der Waals surface area contributed by atoms with Crippen LogP contribution in [-0.2, 0) is 14.4 Å². The molecule has 0 saturated carbocycles. The molecule has 0 aromatic heterocycles. The van der Waals surface area contributed by atoms with E-state index in [-0.39, 0.29) is 25.3 Å². The van der Waals surface area contributed by atoms with Crippen molar-refractivity contribution in [2.45, 2.75) is 51.4 Å². The molecule has 0 aliphatic heterocycles. The van der Waals surface area contributed by atoms with E-state index in [4.69, 9.17) is 5.11 Å². The van der Waals surface area contributed by atoms with Gasteiger partial charge in [0, 0.05) is 25.1 Å². The van der Waals surface area contributed by atoms with Crippen molar-refractivity contribution in [2.75, 3.05) is 25.0 Å². The lowest BCUT2D eigenvalue weighted by molar-refractivity contribution is -0.166. The van der Waals surface area contributed by atoms with Crippen LogP contribution in [0.25, 0.3) is 0 Å². The Morgan fingerprint density at radius 1 is 0.857 bits per heavy atom. The van der Waals surface area contributed by atoms with Crippen molar-refractivity contribution in [3.8, 4) is 0 Å². The largest absolute Gasteiger partial charge is 0.481 e. The van der Waals surface area contributed by atoms with Crippen molar-refractivity contribution in [1.82, 2.24) is 10.4 Å². The fourth-order valence-electron chi connectivity index (χ4n) is 2.56. The Morgan fingerprint density at radius 3 is 2.21 bits per heavy atom. The van der Waals surface area contributed by atoms with Gasteiger partial charge >= 0.3 is 5.97 Å². The minimum absolute atomic E-state index is 0.0330. The second-order valence-electron chi connectivity index (χ2n) is 6.59. The normalized spacial score (nSPS) is 10.5. The van der Waals surface area contributed by atoms with Crippen LogP contribution in [0.3, 0.4) is 0 Å². The third-order valence-corrected chi connectivity index (χ3v) is 4.13. The summed E-state index contributed by atoms with van der Waals surface area (Å²) in [5, 5.41) is 24.8. The predicted octanol–water partition coefficient (Wildman–Crippen LogP) is 2.64. The molecule has 0 heterocycles. The minimum atomic E-state index is -1.05. The van der Waals surface area contributed by atoms with Crippen molar-refractivity contribution < 1.29 is 24.7 Å². The lowest BCUT2D eigenvalue weighted by Gasteiger charge is -2.14. The van der Waals surface area contributed by atoms with Gasteiger partial charge in [-0.1, -0.05) is 24.6 Å². The van der Waals surface area contributed by atoms with Gasteiger partial charge < -0.3 is 15.7 Å². The van der Waals surface area contributed by atoms with Crippen LogP contribution in [0.5, 0.6) is 0 Å². The van der Waals surface area contributed by atoms with Crippen LogP contribution in [0.15, 0.2) is 30.3 Å². The molecule has 4 N–H and O–H groups in total. The van der Waals surface area contributed by atoms with Crippen LogP contribution >= 0.6 is 0 Å². The zero-order chi connectivity index (χ0) is 20.6. The van der Waals surface area contributed by atoms with E-state index in [1.54, 1.807) is 0 Å². The number of hydroxylamine groups is 2. The van der Waals surface area contributed by atoms with Crippen molar-refractivity contribution >= 4 is 23.5 Å². The molecular formula is C20H31N3O5. The van der Waals surface area contributed by atoms with Crippen LogP contribution in [0, 0.1) is 0 Å². The number of hydrogen-bond donors (Lipinski definition) is 4. The van der Waals surface area contributed by atoms with Crippen LogP contribution in [0.2, 0.25) is 0 Å². The highest BCUT2D eigenvalue weighted by Crippen LogP contribution is 2.07. The van der Waals surface area contributed by atoms with Crippen LogP contribution < -0.4 is 10.6 Å². The first-order valence-electron chi connectivity index (χ1n) is 9.75. The molecule has 156 valence electrons. The molecule has 0 spiro atoms. The number of nitrogens with one attached hydrogen (secondary N) is 2. The standard InChI is InChI=1S/C20H31N3O5/c24-18(22-17-9-3-1-4-10-17)11-5-2-6-14-21-15-7-8-16-23(28)19(25)12-13-20(26)27/h1,3-4,9-10,21,28H,2,5-8,11-16H2,(H,22,24)(H,26,27). The predicted molar refractivity (Wildman–Crippen MR) is 106 cm³/mol. The number of rotatable bonds is 15. The molecule has 8 nitrogen and oxygen atoms in total. The van der Waals surface area contributed by atoms with E-state index >= 15 is 0 Å². The Bertz CT molecular complexity index is 595. The second-order valence-corrected chi connectivity index (χ2v) is 6.59. The number of carbonyl (C=O) groups is 3. The van der Waals surface area contributed by atoms with E-state index in [1.807, 2.05) is 30.3 Å². The van der Waals surface area contributed by atoms with Gasteiger partial charge in [-0.05, 0) is 50.9 Å². The topological polar surface area (TPSA) is 119 Å². The molecule has 1 aromatic rings. The smallest absolute Gasteiger partial charge is 0.303 e. The lowest BCUT2D eigenvalue weighted by atomic mass is 10.2. The molecule has 0 aliphatic carbocycles. The van der Waals surface area contributed by atoms with E-state index in [2.05, 4.69) is 10.6 Å². The lowest BCUT2D eigenvalue weighted by Crippen LogP contribution is -2.29. The van der Waals surface area contributed by atoms with Crippen molar-refractivity contribution in [3.05, 3.63) is 30.3 Å². The number of amides is 2. The number of anilines is 1. The average molecular weight is 393 g/mol. The molecule has 0 bridgehead atoms. The van der Waals surface area contributed by atoms with E-state index in [1.165, 1.54) is 0 Å². The number of aliphatic carboxylic acids is 1. The van der Waals surface area contributed by atoms with E-state index in [0.29, 0.717) is 17.9 Å². The zero-order valence-corrected chi connectivity index (χ0v) is 16.2. The molecule has 0 aliphatic rings. The second kappa shape index (κ2) is 14.6. The molecule has 28 heavy (non-hydrogen) atoms. The van der Waals surface area contributed by atoms with E-state index in [9.17, 15) is 19.6 Å². The molecule has 0 unspecified atom stereocenters. The van der Waals surface area contributed by atoms with Gasteiger partial charge in [-0.15, -0.1) is 0 Å². The molecule has 0 saturated heterocycles. The maximum Gasteiger partial charge on any atom is 0.303 e. The summed E-state index contributed by atoms with van der Waals surface area (Å²) in [7, 11) is 0.